The molecule has 0 unspecified atom stereocenters. The van der Waals surface area contributed by atoms with Gasteiger partial charge in [0.2, 0.25) is 0 Å². The van der Waals surface area contributed by atoms with E-state index in [-0.39, 0.29) is 16.7 Å². The number of amides is 1. The second kappa shape index (κ2) is 5.29. The Hall–Kier alpha value is -2.21. The Labute approximate surface area is 125 Å². The fourth-order valence-corrected chi connectivity index (χ4v) is 2.93. The van der Waals surface area contributed by atoms with Crippen LogP contribution in [0, 0.1) is 6.92 Å². The first-order valence-corrected chi connectivity index (χ1v) is 7.48. The van der Waals surface area contributed by atoms with Gasteiger partial charge in [0.15, 0.2) is 5.13 Å². The number of nitrogens with zero attached hydrogens (tertiary/aromatic N) is 1. The van der Waals surface area contributed by atoms with Gasteiger partial charge in [-0.15, -0.1) is 0 Å². The van der Waals surface area contributed by atoms with E-state index in [1.165, 1.54) is 0 Å². The van der Waals surface area contributed by atoms with Crippen LogP contribution >= 0.6 is 11.3 Å². The summed E-state index contributed by atoms with van der Waals surface area (Å²) in [6, 6.07) is 7.18. The Bertz CT molecular complexity index is 702. The zero-order valence-corrected chi connectivity index (χ0v) is 12.2. The first-order chi connectivity index (χ1) is 10.0. The lowest BCUT2D eigenvalue weighted by atomic mass is 10.1. The van der Waals surface area contributed by atoms with E-state index >= 15 is 0 Å². The van der Waals surface area contributed by atoms with E-state index in [1.54, 1.807) is 12.1 Å². The summed E-state index contributed by atoms with van der Waals surface area (Å²) in [4.78, 5) is 27.8. The number of hydrogen-bond donors (Lipinski definition) is 2. The first-order valence-electron chi connectivity index (χ1n) is 6.66. The van der Waals surface area contributed by atoms with Gasteiger partial charge in [-0.05, 0) is 31.9 Å². The zero-order valence-electron chi connectivity index (χ0n) is 11.4. The Balaban J connectivity index is 1.81. The summed E-state index contributed by atoms with van der Waals surface area (Å²) in [5.74, 6) is -1.02. The lowest BCUT2D eigenvalue weighted by molar-refractivity contribution is 0.0700. The van der Waals surface area contributed by atoms with Crippen molar-refractivity contribution in [2.24, 2.45) is 0 Å². The van der Waals surface area contributed by atoms with Crippen molar-refractivity contribution < 1.29 is 14.7 Å². The number of benzene rings is 1. The molecule has 0 radical (unpaired) electrons. The minimum absolute atomic E-state index is 0.233. The molecule has 0 aliphatic heterocycles. The highest BCUT2D eigenvalue weighted by molar-refractivity contribution is 7.17. The third-order valence-corrected chi connectivity index (χ3v) is 4.32. The van der Waals surface area contributed by atoms with E-state index < -0.39 is 5.97 Å². The van der Waals surface area contributed by atoms with Crippen LogP contribution in [0.1, 0.15) is 50.0 Å². The molecule has 2 aromatic rings. The maximum atomic E-state index is 12.1. The Morgan fingerprint density at radius 1 is 1.29 bits per heavy atom. The number of aryl methyl sites for hydroxylation is 1. The van der Waals surface area contributed by atoms with Crippen molar-refractivity contribution in [1.82, 2.24) is 4.98 Å². The third-order valence-electron chi connectivity index (χ3n) is 3.35. The lowest BCUT2D eigenvalue weighted by Gasteiger charge is -2.01. The first kappa shape index (κ1) is 13.8. The fourth-order valence-electron chi connectivity index (χ4n) is 2.05. The van der Waals surface area contributed by atoms with E-state index in [0.717, 1.165) is 29.7 Å². The van der Waals surface area contributed by atoms with Gasteiger partial charge in [-0.25, -0.2) is 9.78 Å². The van der Waals surface area contributed by atoms with Crippen molar-refractivity contribution in [3.8, 4) is 0 Å². The number of hydrogen-bond acceptors (Lipinski definition) is 4. The van der Waals surface area contributed by atoms with E-state index in [1.807, 2.05) is 19.1 Å². The van der Waals surface area contributed by atoms with Gasteiger partial charge in [-0.1, -0.05) is 29.0 Å². The maximum absolute atomic E-state index is 12.1. The van der Waals surface area contributed by atoms with Crippen LogP contribution in [0.25, 0.3) is 0 Å². The van der Waals surface area contributed by atoms with Crippen molar-refractivity contribution in [1.29, 1.82) is 0 Å². The molecule has 1 aromatic heterocycles. The molecule has 1 fully saturated rings. The maximum Gasteiger partial charge on any atom is 0.347 e. The Kier molecular flexibility index (Phi) is 3.47. The molecule has 1 saturated carbocycles. The SMILES string of the molecule is Cc1ccc(C(=O)Nc2nc(C3CC3)c(C(=O)O)s2)cc1. The highest BCUT2D eigenvalue weighted by atomic mass is 32.1. The van der Waals surface area contributed by atoms with Crippen molar-refractivity contribution in [2.75, 3.05) is 5.32 Å². The number of carbonyl (C=O) groups excluding carboxylic acids is 1. The second-order valence-electron chi connectivity index (χ2n) is 5.13. The molecule has 2 N–H and O–H groups in total. The largest absolute Gasteiger partial charge is 0.477 e. The Morgan fingerprint density at radius 3 is 2.52 bits per heavy atom. The predicted octanol–water partition coefficient (Wildman–Crippen LogP) is 3.28. The molecule has 0 atom stereocenters. The van der Waals surface area contributed by atoms with Crippen LogP contribution in [0.3, 0.4) is 0 Å². The van der Waals surface area contributed by atoms with Crippen LogP contribution in [0.5, 0.6) is 0 Å². The van der Waals surface area contributed by atoms with Crippen molar-refractivity contribution in [3.05, 3.63) is 46.0 Å². The topological polar surface area (TPSA) is 79.3 Å². The summed E-state index contributed by atoms with van der Waals surface area (Å²) in [6.07, 6.45) is 1.94. The smallest absolute Gasteiger partial charge is 0.347 e. The van der Waals surface area contributed by atoms with Gasteiger partial charge < -0.3 is 5.11 Å². The molecule has 1 aliphatic carbocycles. The molecule has 5 nitrogen and oxygen atoms in total. The molecule has 1 aromatic carbocycles. The molecule has 0 spiro atoms. The molecular formula is C15H14N2O3S. The summed E-state index contributed by atoms with van der Waals surface area (Å²) >= 11 is 1.02. The summed E-state index contributed by atoms with van der Waals surface area (Å²) in [5, 5.41) is 12.2. The van der Waals surface area contributed by atoms with Crippen LogP contribution in [-0.4, -0.2) is 22.0 Å². The summed E-state index contributed by atoms with van der Waals surface area (Å²) in [7, 11) is 0. The van der Waals surface area contributed by atoms with Crippen LogP contribution in [-0.2, 0) is 0 Å². The van der Waals surface area contributed by atoms with E-state index in [2.05, 4.69) is 10.3 Å². The number of carbonyl (C=O) groups is 2. The number of nitrogens with one attached hydrogen (secondary N) is 1. The molecule has 21 heavy (non-hydrogen) atoms. The molecule has 6 heteroatoms. The molecule has 0 bridgehead atoms. The van der Waals surface area contributed by atoms with Crippen molar-refractivity contribution in [3.63, 3.8) is 0 Å². The summed E-state index contributed by atoms with van der Waals surface area (Å²) in [5.41, 5.74) is 2.21. The monoisotopic (exact) mass is 302 g/mol. The zero-order chi connectivity index (χ0) is 15.0. The summed E-state index contributed by atoms with van der Waals surface area (Å²) in [6.45, 7) is 1.95. The van der Waals surface area contributed by atoms with Crippen molar-refractivity contribution in [2.45, 2.75) is 25.7 Å². The van der Waals surface area contributed by atoms with E-state index in [9.17, 15) is 14.7 Å². The summed E-state index contributed by atoms with van der Waals surface area (Å²) < 4.78 is 0. The normalized spacial score (nSPS) is 14.0. The molecular weight excluding hydrogens is 288 g/mol. The van der Waals surface area contributed by atoms with Gasteiger partial charge >= 0.3 is 5.97 Å². The van der Waals surface area contributed by atoms with Crippen LogP contribution in [0.2, 0.25) is 0 Å². The molecule has 1 aliphatic rings. The van der Waals surface area contributed by atoms with Crippen LogP contribution in [0.15, 0.2) is 24.3 Å². The second-order valence-corrected chi connectivity index (χ2v) is 6.13. The minimum Gasteiger partial charge on any atom is -0.477 e. The third kappa shape index (κ3) is 2.95. The van der Waals surface area contributed by atoms with Gasteiger partial charge in [0.25, 0.3) is 5.91 Å². The quantitative estimate of drug-likeness (QED) is 0.908. The highest BCUT2D eigenvalue weighted by Gasteiger charge is 2.32. The van der Waals surface area contributed by atoms with Gasteiger partial charge in [0, 0.05) is 11.5 Å². The average molecular weight is 302 g/mol. The van der Waals surface area contributed by atoms with E-state index in [4.69, 9.17) is 0 Å². The minimum atomic E-state index is -0.981. The van der Waals surface area contributed by atoms with Crippen molar-refractivity contribution >= 4 is 28.3 Å². The fraction of sp³-hybridized carbons (Fsp3) is 0.267. The Morgan fingerprint density at radius 2 is 1.95 bits per heavy atom. The highest BCUT2D eigenvalue weighted by Crippen LogP contribution is 2.43. The van der Waals surface area contributed by atoms with Crippen LogP contribution < -0.4 is 5.32 Å². The lowest BCUT2D eigenvalue weighted by Crippen LogP contribution is -2.11. The molecule has 1 amide bonds. The van der Waals surface area contributed by atoms with Gasteiger partial charge in [0.1, 0.15) is 4.88 Å². The number of thiazole rings is 1. The average Bonchev–Trinajstić information content (AvgIpc) is 3.20. The predicted molar refractivity (Wildman–Crippen MR) is 80.2 cm³/mol. The molecule has 1 heterocycles. The molecule has 0 saturated heterocycles. The number of carboxylic acid groups (broad SMARTS) is 1. The number of rotatable bonds is 4. The standard InChI is InChI=1S/C15H14N2O3S/c1-8-2-4-10(5-3-8)13(18)17-15-16-11(9-6-7-9)12(21-15)14(19)20/h2-5,9H,6-7H2,1H3,(H,19,20)(H,16,17,18). The molecule has 3 rings (SSSR count). The number of carboxylic acids is 1. The number of aromatic nitrogens is 1. The molecule has 108 valence electrons. The van der Waals surface area contributed by atoms with Gasteiger partial charge in [0.05, 0.1) is 5.69 Å². The van der Waals surface area contributed by atoms with Gasteiger partial charge in [-0.3, -0.25) is 10.1 Å². The van der Waals surface area contributed by atoms with Crippen LogP contribution in [0.4, 0.5) is 5.13 Å². The van der Waals surface area contributed by atoms with Gasteiger partial charge in [-0.2, -0.15) is 0 Å². The number of aromatic carboxylic acids is 1. The number of anilines is 1. The van der Waals surface area contributed by atoms with E-state index in [0.29, 0.717) is 16.4 Å².